The van der Waals surface area contributed by atoms with Crippen molar-refractivity contribution in [3.05, 3.63) is 23.8 Å². The monoisotopic (exact) mass is 378 g/mol. The van der Waals surface area contributed by atoms with Crippen molar-refractivity contribution in [2.45, 2.75) is 69.1 Å². The van der Waals surface area contributed by atoms with E-state index < -0.39 is 45.1 Å². The van der Waals surface area contributed by atoms with Gasteiger partial charge < -0.3 is 9.31 Å². The van der Waals surface area contributed by atoms with E-state index in [1.54, 1.807) is 27.7 Å². The molecule has 1 fully saturated rings. The molecule has 1 aliphatic heterocycles. The van der Waals surface area contributed by atoms with Crippen molar-refractivity contribution in [1.82, 2.24) is 0 Å². The second-order valence-corrected chi connectivity index (χ2v) is 9.93. The van der Waals surface area contributed by atoms with Crippen LogP contribution in [-0.4, -0.2) is 32.0 Å². The molecule has 1 aromatic rings. The minimum atomic E-state index is -4.65. The van der Waals surface area contributed by atoms with Gasteiger partial charge in [-0.3, -0.25) is 0 Å². The standard InChI is InChI=1S/C16H22BF3O4S/c1-10(2)25(21,22)11-7-8-12(16(18,19)20)13(9-11)17-23-14(3,4)15(5,6)24-17/h7-10H,1-6H3. The van der Waals surface area contributed by atoms with Gasteiger partial charge in [-0.25, -0.2) is 8.42 Å². The molecule has 2 rings (SSSR count). The van der Waals surface area contributed by atoms with Crippen LogP contribution < -0.4 is 5.46 Å². The van der Waals surface area contributed by atoms with Gasteiger partial charge >= 0.3 is 13.3 Å². The van der Waals surface area contributed by atoms with Crippen LogP contribution in [0.1, 0.15) is 47.1 Å². The Hall–Kier alpha value is -1.06. The number of rotatable bonds is 3. The van der Waals surface area contributed by atoms with Gasteiger partial charge in [-0.15, -0.1) is 0 Å². The second kappa shape index (κ2) is 5.99. The van der Waals surface area contributed by atoms with Gasteiger partial charge in [0.25, 0.3) is 0 Å². The van der Waals surface area contributed by atoms with Crippen molar-refractivity contribution in [3.63, 3.8) is 0 Å². The molecule has 0 aliphatic carbocycles. The summed E-state index contributed by atoms with van der Waals surface area (Å²) in [6, 6.07) is 2.77. The highest BCUT2D eigenvalue weighted by Gasteiger charge is 2.53. The van der Waals surface area contributed by atoms with Crippen LogP contribution in [0, 0.1) is 0 Å². The molecule has 25 heavy (non-hydrogen) atoms. The lowest BCUT2D eigenvalue weighted by Crippen LogP contribution is -2.41. The Balaban J connectivity index is 2.63. The Kier molecular flexibility index (Phi) is 4.86. The summed E-state index contributed by atoms with van der Waals surface area (Å²) in [6.07, 6.45) is -4.65. The van der Waals surface area contributed by atoms with Gasteiger partial charge in [0.1, 0.15) is 0 Å². The first kappa shape index (κ1) is 20.3. The maximum atomic E-state index is 13.4. The lowest BCUT2D eigenvalue weighted by atomic mass is 9.75. The number of hydrogen-bond donors (Lipinski definition) is 0. The van der Waals surface area contributed by atoms with E-state index in [-0.39, 0.29) is 10.4 Å². The van der Waals surface area contributed by atoms with E-state index in [1.807, 2.05) is 0 Å². The molecule has 0 saturated carbocycles. The lowest BCUT2D eigenvalue weighted by molar-refractivity contribution is -0.136. The summed E-state index contributed by atoms with van der Waals surface area (Å²) in [5, 5.41) is -0.754. The van der Waals surface area contributed by atoms with E-state index >= 15 is 0 Å². The highest BCUT2D eigenvalue weighted by atomic mass is 32.2. The molecular weight excluding hydrogens is 356 g/mol. The topological polar surface area (TPSA) is 52.6 Å². The number of halogens is 3. The van der Waals surface area contributed by atoms with Crippen LogP contribution in [0.2, 0.25) is 0 Å². The molecule has 0 unspecified atom stereocenters. The Morgan fingerprint density at radius 1 is 1.04 bits per heavy atom. The Morgan fingerprint density at radius 2 is 1.52 bits per heavy atom. The van der Waals surface area contributed by atoms with Gasteiger partial charge in [-0.2, -0.15) is 13.2 Å². The molecule has 0 amide bonds. The van der Waals surface area contributed by atoms with Crippen LogP contribution in [0.25, 0.3) is 0 Å². The lowest BCUT2D eigenvalue weighted by Gasteiger charge is -2.32. The van der Waals surface area contributed by atoms with Crippen LogP contribution in [0.4, 0.5) is 13.2 Å². The van der Waals surface area contributed by atoms with Crippen LogP contribution in [0.15, 0.2) is 23.1 Å². The van der Waals surface area contributed by atoms with Crippen molar-refractivity contribution in [1.29, 1.82) is 0 Å². The quantitative estimate of drug-likeness (QED) is 0.759. The van der Waals surface area contributed by atoms with Crippen molar-refractivity contribution in [3.8, 4) is 0 Å². The molecule has 0 radical (unpaired) electrons. The van der Waals surface area contributed by atoms with E-state index in [4.69, 9.17) is 9.31 Å². The molecule has 0 bridgehead atoms. The summed E-state index contributed by atoms with van der Waals surface area (Å²) in [6.45, 7) is 9.82. The molecule has 1 aromatic carbocycles. The van der Waals surface area contributed by atoms with Crippen LogP contribution in [-0.2, 0) is 25.3 Å². The molecular formula is C16H22BF3O4S. The van der Waals surface area contributed by atoms with E-state index in [2.05, 4.69) is 0 Å². The van der Waals surface area contributed by atoms with E-state index in [0.29, 0.717) is 0 Å². The van der Waals surface area contributed by atoms with Crippen molar-refractivity contribution in [2.75, 3.05) is 0 Å². The molecule has 0 N–H and O–H groups in total. The molecule has 1 saturated heterocycles. The predicted molar refractivity (Wildman–Crippen MR) is 89.5 cm³/mol. The summed E-state index contributed by atoms with van der Waals surface area (Å²) in [5.41, 5.74) is -2.97. The largest absolute Gasteiger partial charge is 0.495 e. The molecule has 0 atom stereocenters. The van der Waals surface area contributed by atoms with E-state index in [0.717, 1.165) is 18.2 Å². The van der Waals surface area contributed by atoms with Crippen LogP contribution in [0.5, 0.6) is 0 Å². The number of alkyl halides is 3. The van der Waals surface area contributed by atoms with Gasteiger partial charge in [0.2, 0.25) is 0 Å². The molecule has 1 heterocycles. The third-order valence-corrected chi connectivity index (χ3v) is 6.94. The van der Waals surface area contributed by atoms with E-state index in [9.17, 15) is 21.6 Å². The highest BCUT2D eigenvalue weighted by molar-refractivity contribution is 7.92. The highest BCUT2D eigenvalue weighted by Crippen LogP contribution is 2.38. The van der Waals surface area contributed by atoms with Crippen LogP contribution >= 0.6 is 0 Å². The Morgan fingerprint density at radius 3 is 1.92 bits per heavy atom. The normalized spacial score (nSPS) is 20.3. The average Bonchev–Trinajstić information content (AvgIpc) is 2.65. The molecule has 9 heteroatoms. The fourth-order valence-electron chi connectivity index (χ4n) is 2.41. The van der Waals surface area contributed by atoms with Gasteiger partial charge in [-0.1, -0.05) is 0 Å². The fraction of sp³-hybridized carbons (Fsp3) is 0.625. The summed E-state index contributed by atoms with van der Waals surface area (Å²) in [7, 11) is -5.03. The first-order chi connectivity index (χ1) is 11.1. The Bertz CT molecular complexity index is 754. The number of hydrogen-bond acceptors (Lipinski definition) is 4. The Labute approximate surface area is 146 Å². The summed E-state index contributed by atoms with van der Waals surface area (Å²) in [4.78, 5) is -0.180. The third-order valence-electron chi connectivity index (χ3n) is 4.78. The summed E-state index contributed by atoms with van der Waals surface area (Å²) in [5.74, 6) is 0. The van der Waals surface area contributed by atoms with Crippen molar-refractivity contribution in [2.24, 2.45) is 0 Å². The summed E-state index contributed by atoms with van der Waals surface area (Å²) >= 11 is 0. The zero-order valence-electron chi connectivity index (χ0n) is 15.1. The zero-order valence-corrected chi connectivity index (χ0v) is 15.9. The SMILES string of the molecule is CC(C)S(=O)(=O)c1ccc(C(F)(F)F)c(B2OC(C)(C)C(C)(C)O2)c1. The smallest absolute Gasteiger partial charge is 0.399 e. The number of sulfone groups is 1. The maximum absolute atomic E-state index is 13.4. The molecule has 140 valence electrons. The van der Waals surface area contributed by atoms with Gasteiger partial charge in [0.15, 0.2) is 9.84 Å². The average molecular weight is 378 g/mol. The minimum absolute atomic E-state index is 0.180. The summed E-state index contributed by atoms with van der Waals surface area (Å²) < 4.78 is 76.3. The third kappa shape index (κ3) is 3.59. The number of benzene rings is 1. The second-order valence-electron chi connectivity index (χ2n) is 7.43. The molecule has 0 spiro atoms. The first-order valence-electron chi connectivity index (χ1n) is 7.90. The molecule has 4 nitrogen and oxygen atoms in total. The van der Waals surface area contributed by atoms with E-state index in [1.165, 1.54) is 13.8 Å². The fourth-order valence-corrected chi connectivity index (χ4v) is 3.51. The minimum Gasteiger partial charge on any atom is -0.399 e. The molecule has 1 aliphatic rings. The zero-order chi connectivity index (χ0) is 19.4. The van der Waals surface area contributed by atoms with Gasteiger partial charge in [-0.05, 0) is 65.2 Å². The van der Waals surface area contributed by atoms with Crippen molar-refractivity contribution < 1.29 is 30.9 Å². The maximum Gasteiger partial charge on any atom is 0.495 e. The van der Waals surface area contributed by atoms with Gasteiger partial charge in [0, 0.05) is 0 Å². The van der Waals surface area contributed by atoms with Gasteiger partial charge in [0.05, 0.1) is 26.9 Å². The molecule has 0 aromatic heterocycles. The van der Waals surface area contributed by atoms with Crippen molar-refractivity contribution >= 4 is 22.4 Å². The predicted octanol–water partition coefficient (Wildman–Crippen LogP) is 3.19. The first-order valence-corrected chi connectivity index (χ1v) is 9.45. The van der Waals surface area contributed by atoms with Crippen LogP contribution in [0.3, 0.4) is 0 Å².